The van der Waals surface area contributed by atoms with Gasteiger partial charge in [0.05, 0.1) is 12.3 Å². The van der Waals surface area contributed by atoms with Gasteiger partial charge in [-0.2, -0.15) is 0 Å². The fourth-order valence-electron chi connectivity index (χ4n) is 9.13. The zero-order valence-corrected chi connectivity index (χ0v) is 35.9. The first-order valence-electron chi connectivity index (χ1n) is 22.0. The van der Waals surface area contributed by atoms with E-state index >= 15 is 0 Å². The average molecular weight is 793 g/mol. The Labute approximate surface area is 362 Å². The van der Waals surface area contributed by atoms with E-state index in [0.29, 0.717) is 12.5 Å². The zero-order chi connectivity index (χ0) is 42.1. The molecule has 0 saturated heterocycles. The maximum absolute atomic E-state index is 5.30. The second kappa shape index (κ2) is 19.2. The first-order valence-corrected chi connectivity index (χ1v) is 22.0. The molecule has 3 unspecified atom stereocenters. The molecule has 8 rings (SSSR count). The minimum Gasteiger partial charge on any atom is -0.280 e. The highest BCUT2D eigenvalue weighted by atomic mass is 14.8. The van der Waals surface area contributed by atoms with Crippen molar-refractivity contribution in [3.63, 3.8) is 0 Å². The lowest BCUT2D eigenvalue weighted by atomic mass is 9.85. The van der Waals surface area contributed by atoms with Gasteiger partial charge in [0.1, 0.15) is 0 Å². The van der Waals surface area contributed by atoms with E-state index in [2.05, 4.69) is 215 Å². The van der Waals surface area contributed by atoms with E-state index in [1.165, 1.54) is 65.7 Å². The van der Waals surface area contributed by atoms with Gasteiger partial charge >= 0.3 is 0 Å². The third-order valence-electron chi connectivity index (χ3n) is 12.6. The Morgan fingerprint density at radius 2 is 1.44 bits per heavy atom. The molecule has 2 heteroatoms. The summed E-state index contributed by atoms with van der Waals surface area (Å²) in [4.78, 5) is 9.90. The van der Waals surface area contributed by atoms with Crippen molar-refractivity contribution in [2.75, 3.05) is 0 Å². The molecule has 0 heterocycles. The number of hydrogen-bond acceptors (Lipinski definition) is 2. The maximum atomic E-state index is 5.30. The third-order valence-corrected chi connectivity index (χ3v) is 12.6. The summed E-state index contributed by atoms with van der Waals surface area (Å²) in [6.45, 7) is 15.3. The van der Waals surface area contributed by atoms with E-state index in [0.717, 1.165) is 48.2 Å². The van der Waals surface area contributed by atoms with Gasteiger partial charge in [-0.1, -0.05) is 190 Å². The minimum atomic E-state index is 0.0274. The summed E-state index contributed by atoms with van der Waals surface area (Å²) in [5, 5.41) is 7.74. The molecular weight excluding hydrogens is 737 g/mol. The molecule has 0 fully saturated rings. The minimum absolute atomic E-state index is 0.0274. The van der Waals surface area contributed by atoms with Gasteiger partial charge < -0.3 is 0 Å². The van der Waals surface area contributed by atoms with Gasteiger partial charge in [0.2, 0.25) is 0 Å². The Kier molecular flexibility index (Phi) is 12.9. The smallest absolute Gasteiger partial charge is 0.0665 e. The first-order chi connectivity index (χ1) is 30.0. The summed E-state index contributed by atoms with van der Waals surface area (Å²) in [6, 6.07) is 41.9. The molecule has 0 aliphatic heterocycles. The van der Waals surface area contributed by atoms with Gasteiger partial charge in [-0.05, 0) is 128 Å². The second-order valence-electron chi connectivity index (χ2n) is 16.3. The van der Waals surface area contributed by atoms with Crippen molar-refractivity contribution in [2.24, 2.45) is 21.8 Å². The number of benzene rings is 6. The van der Waals surface area contributed by atoms with Crippen LogP contribution < -0.4 is 0 Å². The number of nitrogens with zero attached hydrogens (tertiary/aromatic N) is 2. The summed E-state index contributed by atoms with van der Waals surface area (Å²) in [5.41, 5.74) is 11.7. The van der Waals surface area contributed by atoms with E-state index in [4.69, 9.17) is 4.99 Å². The predicted octanol–water partition coefficient (Wildman–Crippen LogP) is 16.1. The Morgan fingerprint density at radius 1 is 0.770 bits per heavy atom. The molecule has 61 heavy (non-hydrogen) atoms. The van der Waals surface area contributed by atoms with Crippen LogP contribution in [0.1, 0.15) is 69.1 Å². The predicted molar refractivity (Wildman–Crippen MR) is 267 cm³/mol. The standard InChI is InChI=1S/C59H56N2/c1-6-43-18-12-13-21-51(43)50(8-3)44(7-2)29-26-41(4)58(60-5)39-59(48-34-32-46(33-35-48)45-19-10-9-11-20-45)61-40-42-27-30-47(31-28-42)49-36-37-56-54-24-15-14-22-52(54)53-23-16-17-25-55(53)57(56)38-49/h6-7,10,12-32,34-39,41,46,50H,1,5,8-9,11,33,40H2,2-4H3/b29-26-,44-7+,58-39-,61-59?. The second-order valence-corrected chi connectivity index (χ2v) is 16.3. The van der Waals surface area contributed by atoms with Crippen molar-refractivity contribution in [3.05, 3.63) is 222 Å². The van der Waals surface area contributed by atoms with Crippen molar-refractivity contribution in [1.29, 1.82) is 0 Å². The van der Waals surface area contributed by atoms with Gasteiger partial charge in [0.25, 0.3) is 0 Å². The van der Waals surface area contributed by atoms with Crippen LogP contribution in [0, 0.1) is 11.8 Å². The summed E-state index contributed by atoms with van der Waals surface area (Å²) in [5.74, 6) is 0.691. The van der Waals surface area contributed by atoms with Crippen LogP contribution >= 0.6 is 0 Å². The zero-order valence-electron chi connectivity index (χ0n) is 35.9. The fraction of sp³-hybridized carbons (Fsp3) is 0.186. The van der Waals surface area contributed by atoms with E-state index in [1.807, 2.05) is 6.08 Å². The SMILES string of the molecule is C=Cc1ccccc1C(CC)C(/C=C\C(C)/C(=C/C(=NCc1ccc(-c2ccc3c4ccccc4c4ccccc4c3c2)cc1)C1=CCC(C2=CCCC=C2)C=C1)N=C)=C/C. The highest BCUT2D eigenvalue weighted by Gasteiger charge is 2.18. The van der Waals surface area contributed by atoms with Gasteiger partial charge in [0.15, 0.2) is 0 Å². The van der Waals surface area contributed by atoms with Crippen molar-refractivity contribution >= 4 is 50.8 Å². The molecule has 0 spiro atoms. The molecule has 302 valence electrons. The van der Waals surface area contributed by atoms with Gasteiger partial charge in [0, 0.05) is 23.5 Å². The van der Waals surface area contributed by atoms with Crippen LogP contribution in [0.15, 0.2) is 215 Å². The summed E-state index contributed by atoms with van der Waals surface area (Å²) < 4.78 is 0. The number of aliphatic imine (C=N–C) groups is 2. The van der Waals surface area contributed by atoms with E-state index < -0.39 is 0 Å². The molecule has 2 aliphatic carbocycles. The Hall–Kier alpha value is -6.64. The summed E-state index contributed by atoms with van der Waals surface area (Å²) in [7, 11) is 0. The largest absolute Gasteiger partial charge is 0.280 e. The Morgan fingerprint density at radius 3 is 2.07 bits per heavy atom. The molecular formula is C59H56N2. The average Bonchev–Trinajstić information content (AvgIpc) is 3.33. The van der Waals surface area contributed by atoms with Crippen LogP contribution in [-0.2, 0) is 6.54 Å². The highest BCUT2D eigenvalue weighted by molar-refractivity contribution is 6.25. The topological polar surface area (TPSA) is 24.7 Å². The fourth-order valence-corrected chi connectivity index (χ4v) is 9.13. The molecule has 0 radical (unpaired) electrons. The van der Waals surface area contributed by atoms with Crippen molar-refractivity contribution in [3.8, 4) is 11.1 Å². The van der Waals surface area contributed by atoms with E-state index in [-0.39, 0.29) is 11.8 Å². The van der Waals surface area contributed by atoms with Crippen LogP contribution in [0.5, 0.6) is 0 Å². The third kappa shape index (κ3) is 8.96. The van der Waals surface area contributed by atoms with Crippen LogP contribution in [0.4, 0.5) is 0 Å². The van der Waals surface area contributed by atoms with Crippen LogP contribution in [0.25, 0.3) is 49.5 Å². The number of fused-ring (bicyclic) bond motifs is 6. The van der Waals surface area contributed by atoms with Crippen LogP contribution in [-0.4, -0.2) is 12.4 Å². The highest BCUT2D eigenvalue weighted by Crippen LogP contribution is 2.38. The monoisotopic (exact) mass is 792 g/mol. The quantitative estimate of drug-likeness (QED) is 0.0596. The first kappa shape index (κ1) is 41.1. The van der Waals surface area contributed by atoms with Gasteiger partial charge in [-0.3, -0.25) is 9.98 Å². The Bertz CT molecular complexity index is 2810. The number of allylic oxidation sites excluding steroid dienone is 13. The Balaban J connectivity index is 1.07. The summed E-state index contributed by atoms with van der Waals surface area (Å²) in [6.07, 6.45) is 29.0. The lowest BCUT2D eigenvalue weighted by Crippen LogP contribution is -2.09. The molecule has 6 aromatic rings. The van der Waals surface area contributed by atoms with Gasteiger partial charge in [-0.25, -0.2) is 0 Å². The van der Waals surface area contributed by atoms with Crippen molar-refractivity contribution in [1.82, 2.24) is 0 Å². The maximum Gasteiger partial charge on any atom is 0.0665 e. The van der Waals surface area contributed by atoms with Gasteiger partial charge in [-0.15, -0.1) is 0 Å². The molecule has 0 bridgehead atoms. The van der Waals surface area contributed by atoms with Crippen molar-refractivity contribution < 1.29 is 0 Å². The molecule has 2 aliphatic rings. The lowest BCUT2D eigenvalue weighted by Gasteiger charge is -2.20. The normalized spacial score (nSPS) is 17.2. The molecule has 2 nitrogen and oxygen atoms in total. The molecule has 0 aromatic heterocycles. The van der Waals surface area contributed by atoms with Crippen LogP contribution in [0.2, 0.25) is 0 Å². The molecule has 0 N–H and O–H groups in total. The number of hydrogen-bond donors (Lipinski definition) is 0. The molecule has 6 aromatic carbocycles. The molecule has 0 saturated carbocycles. The van der Waals surface area contributed by atoms with Crippen LogP contribution in [0.3, 0.4) is 0 Å². The molecule has 0 amide bonds. The number of rotatable bonds is 14. The van der Waals surface area contributed by atoms with Crippen molar-refractivity contribution in [2.45, 2.75) is 58.9 Å². The van der Waals surface area contributed by atoms with E-state index in [1.54, 1.807) is 0 Å². The summed E-state index contributed by atoms with van der Waals surface area (Å²) >= 11 is 0. The lowest BCUT2D eigenvalue weighted by molar-refractivity contribution is 0.767. The van der Waals surface area contributed by atoms with E-state index in [9.17, 15) is 0 Å². The molecule has 3 atom stereocenters.